The van der Waals surface area contributed by atoms with E-state index in [4.69, 9.17) is 0 Å². The highest BCUT2D eigenvalue weighted by Gasteiger charge is 2.21. The molecule has 2 rings (SSSR count). The number of nitrogens with zero attached hydrogens (tertiary/aromatic N) is 2. The van der Waals surface area contributed by atoms with Gasteiger partial charge in [-0.15, -0.1) is 11.3 Å². The molecule has 2 aromatic rings. The first-order valence-corrected chi connectivity index (χ1v) is 7.41. The van der Waals surface area contributed by atoms with E-state index in [9.17, 15) is 8.42 Å². The van der Waals surface area contributed by atoms with E-state index in [1.165, 1.54) is 21.4 Å². The molecule has 0 saturated carbocycles. The number of aromatic amines is 1. The van der Waals surface area contributed by atoms with Gasteiger partial charge < -0.3 is 0 Å². The molecule has 0 radical (unpaired) electrons. The third-order valence-corrected chi connectivity index (χ3v) is 5.14. The molecule has 7 heteroatoms. The summed E-state index contributed by atoms with van der Waals surface area (Å²) in [5.74, 6) is 0. The van der Waals surface area contributed by atoms with Crippen LogP contribution in [0.2, 0.25) is 0 Å². The number of hydrogen-bond acceptors (Lipinski definition) is 4. The quantitative estimate of drug-likeness (QED) is 0.892. The molecule has 0 aliphatic carbocycles. The predicted octanol–water partition coefficient (Wildman–Crippen LogP) is 1.33. The monoisotopic (exact) mass is 271 g/mol. The van der Waals surface area contributed by atoms with Gasteiger partial charge in [0.1, 0.15) is 0 Å². The van der Waals surface area contributed by atoms with Crippen LogP contribution in [0.4, 0.5) is 0 Å². The Labute approximate surface area is 104 Å². The van der Waals surface area contributed by atoms with Gasteiger partial charge >= 0.3 is 0 Å². The van der Waals surface area contributed by atoms with Crippen LogP contribution in [-0.4, -0.2) is 36.5 Å². The highest BCUT2D eigenvalue weighted by Crippen LogP contribution is 2.13. The largest absolute Gasteiger partial charge is 0.266 e. The summed E-state index contributed by atoms with van der Waals surface area (Å²) >= 11 is 1.63. The van der Waals surface area contributed by atoms with E-state index in [1.54, 1.807) is 18.4 Å². The lowest BCUT2D eigenvalue weighted by molar-refractivity contribution is 0.470. The first kappa shape index (κ1) is 12.3. The molecule has 5 nitrogen and oxygen atoms in total. The number of sulfonamides is 1. The lowest BCUT2D eigenvalue weighted by atomic mass is 10.3. The summed E-state index contributed by atoms with van der Waals surface area (Å²) in [6, 6.07) is 5.42. The Morgan fingerprint density at radius 2 is 2.29 bits per heavy atom. The van der Waals surface area contributed by atoms with Gasteiger partial charge in [0.05, 0.1) is 6.20 Å². The van der Waals surface area contributed by atoms with Gasteiger partial charge in [0.25, 0.3) is 10.0 Å². The number of hydrogen-bond donors (Lipinski definition) is 1. The third kappa shape index (κ3) is 2.74. The Kier molecular flexibility index (Phi) is 3.60. The lowest BCUT2D eigenvalue weighted by Crippen LogP contribution is -2.29. The topological polar surface area (TPSA) is 66.1 Å². The highest BCUT2D eigenvalue weighted by atomic mass is 32.2. The summed E-state index contributed by atoms with van der Waals surface area (Å²) in [4.78, 5) is 1.18. The second kappa shape index (κ2) is 4.99. The summed E-state index contributed by atoms with van der Waals surface area (Å²) in [6.07, 6.45) is 2.15. The molecule has 0 spiro atoms. The Hall–Kier alpha value is -1.18. The Morgan fingerprint density at radius 3 is 2.88 bits per heavy atom. The van der Waals surface area contributed by atoms with Crippen LogP contribution in [0.15, 0.2) is 34.8 Å². The van der Waals surface area contributed by atoms with Crippen LogP contribution in [0.1, 0.15) is 4.88 Å². The van der Waals surface area contributed by atoms with Crippen molar-refractivity contribution in [1.82, 2.24) is 14.5 Å². The van der Waals surface area contributed by atoms with Crippen LogP contribution in [-0.2, 0) is 16.4 Å². The summed E-state index contributed by atoms with van der Waals surface area (Å²) in [6.45, 7) is 0.460. The van der Waals surface area contributed by atoms with Crippen molar-refractivity contribution < 1.29 is 8.42 Å². The van der Waals surface area contributed by atoms with E-state index in [-0.39, 0.29) is 5.03 Å². The zero-order valence-electron chi connectivity index (χ0n) is 9.33. The van der Waals surface area contributed by atoms with Crippen LogP contribution in [0.5, 0.6) is 0 Å². The van der Waals surface area contributed by atoms with Crippen LogP contribution in [0.3, 0.4) is 0 Å². The summed E-state index contributed by atoms with van der Waals surface area (Å²) in [5, 5.41) is 8.24. The van der Waals surface area contributed by atoms with Crippen LogP contribution >= 0.6 is 11.3 Å². The number of rotatable bonds is 5. The molecule has 1 N–H and O–H groups in total. The molecule has 0 bridgehead atoms. The molecule has 0 aliphatic heterocycles. The van der Waals surface area contributed by atoms with E-state index in [1.807, 2.05) is 17.5 Å². The smallest absolute Gasteiger partial charge is 0.259 e. The molecular formula is C10H13N3O2S2. The molecule has 2 aromatic heterocycles. The van der Waals surface area contributed by atoms with E-state index in [0.717, 1.165) is 6.42 Å². The van der Waals surface area contributed by atoms with Crippen molar-refractivity contribution >= 4 is 21.4 Å². The van der Waals surface area contributed by atoms with Gasteiger partial charge in [0.15, 0.2) is 5.03 Å². The average Bonchev–Trinajstić information content (AvgIpc) is 2.98. The fraction of sp³-hybridized carbons (Fsp3) is 0.300. The fourth-order valence-corrected chi connectivity index (χ4v) is 3.16. The average molecular weight is 271 g/mol. The zero-order chi connectivity index (χ0) is 12.3. The van der Waals surface area contributed by atoms with Crippen molar-refractivity contribution in [2.45, 2.75) is 11.4 Å². The first-order valence-electron chi connectivity index (χ1n) is 5.09. The zero-order valence-corrected chi connectivity index (χ0v) is 11.0. The minimum Gasteiger partial charge on any atom is -0.266 e. The molecule has 0 atom stereocenters. The number of likely N-dealkylation sites (N-methyl/N-ethyl adjacent to an activating group) is 1. The van der Waals surface area contributed by atoms with E-state index in [0.29, 0.717) is 6.54 Å². The Morgan fingerprint density at radius 1 is 1.47 bits per heavy atom. The Bertz CT molecular complexity index is 546. The minimum atomic E-state index is -3.43. The summed E-state index contributed by atoms with van der Waals surface area (Å²) in [5.41, 5.74) is 0. The van der Waals surface area contributed by atoms with Gasteiger partial charge in [-0.1, -0.05) is 6.07 Å². The van der Waals surface area contributed by atoms with Gasteiger partial charge in [-0.3, -0.25) is 5.10 Å². The lowest BCUT2D eigenvalue weighted by Gasteiger charge is -2.15. The van der Waals surface area contributed by atoms with Crippen molar-refractivity contribution in [2.24, 2.45) is 0 Å². The van der Waals surface area contributed by atoms with Crippen molar-refractivity contribution in [2.75, 3.05) is 13.6 Å². The Balaban J connectivity index is 2.03. The van der Waals surface area contributed by atoms with Crippen LogP contribution < -0.4 is 0 Å². The van der Waals surface area contributed by atoms with E-state index < -0.39 is 10.0 Å². The molecule has 2 heterocycles. The number of nitrogens with one attached hydrogen (secondary N) is 1. The van der Waals surface area contributed by atoms with Gasteiger partial charge in [-0.2, -0.15) is 9.40 Å². The molecule has 0 aliphatic rings. The van der Waals surface area contributed by atoms with Gasteiger partial charge in [-0.05, 0) is 23.9 Å². The maximum Gasteiger partial charge on any atom is 0.259 e. The number of aromatic nitrogens is 2. The van der Waals surface area contributed by atoms with Gasteiger partial charge in [0, 0.05) is 18.5 Å². The molecule has 0 saturated heterocycles. The minimum absolute atomic E-state index is 0.131. The standard InChI is InChI=1S/C10H13N3O2S2/c1-13(7-5-9-3-2-8-16-9)17(14,15)10-4-6-11-12-10/h2-4,6,8H,5,7H2,1H3,(H,11,12). The second-order valence-corrected chi connectivity index (χ2v) is 6.62. The number of thiophene rings is 1. The fourth-order valence-electron chi connectivity index (χ4n) is 1.40. The van der Waals surface area contributed by atoms with Gasteiger partial charge in [-0.25, -0.2) is 8.42 Å². The molecule has 0 aromatic carbocycles. The van der Waals surface area contributed by atoms with E-state index in [2.05, 4.69) is 10.2 Å². The van der Waals surface area contributed by atoms with E-state index >= 15 is 0 Å². The molecule has 92 valence electrons. The molecule has 17 heavy (non-hydrogen) atoms. The maximum absolute atomic E-state index is 12.0. The molecular weight excluding hydrogens is 258 g/mol. The van der Waals surface area contributed by atoms with Crippen LogP contribution in [0, 0.1) is 0 Å². The van der Waals surface area contributed by atoms with Crippen molar-refractivity contribution in [3.8, 4) is 0 Å². The normalized spacial score (nSPS) is 12.1. The predicted molar refractivity (Wildman–Crippen MR) is 66.4 cm³/mol. The second-order valence-electron chi connectivity index (χ2n) is 3.58. The molecule has 0 unspecified atom stereocenters. The first-order chi connectivity index (χ1) is 8.10. The van der Waals surface area contributed by atoms with Crippen molar-refractivity contribution in [3.05, 3.63) is 34.7 Å². The van der Waals surface area contributed by atoms with Crippen molar-refractivity contribution in [3.63, 3.8) is 0 Å². The van der Waals surface area contributed by atoms with Crippen LogP contribution in [0.25, 0.3) is 0 Å². The number of H-pyrrole nitrogens is 1. The molecule has 0 fully saturated rings. The highest BCUT2D eigenvalue weighted by molar-refractivity contribution is 7.89. The maximum atomic E-state index is 12.0. The third-order valence-electron chi connectivity index (χ3n) is 2.42. The van der Waals surface area contributed by atoms with Gasteiger partial charge in [0.2, 0.25) is 0 Å². The molecule has 0 amide bonds. The van der Waals surface area contributed by atoms with Crippen molar-refractivity contribution in [1.29, 1.82) is 0 Å². The summed E-state index contributed by atoms with van der Waals surface area (Å²) in [7, 11) is -1.86. The summed E-state index contributed by atoms with van der Waals surface area (Å²) < 4.78 is 25.4. The SMILES string of the molecule is CN(CCc1cccs1)S(=O)(=O)c1ccn[nH]1.